The van der Waals surface area contributed by atoms with Crippen LogP contribution in [0.3, 0.4) is 0 Å². The number of aliphatic imine (C=N–C) groups is 1. The van der Waals surface area contributed by atoms with Crippen LogP contribution in [-0.2, 0) is 13.1 Å². The van der Waals surface area contributed by atoms with Gasteiger partial charge in [-0.3, -0.25) is 0 Å². The molecular weight excluding hydrogens is 348 g/mol. The molecule has 6 nitrogen and oxygen atoms in total. The second kappa shape index (κ2) is 9.73. The minimum atomic E-state index is 0.436. The highest BCUT2D eigenvalue weighted by atomic mass is 15.3. The van der Waals surface area contributed by atoms with E-state index in [1.165, 1.54) is 11.1 Å². The van der Waals surface area contributed by atoms with Gasteiger partial charge in [-0.25, -0.2) is 9.98 Å². The normalized spacial score (nSPS) is 20.6. The predicted molar refractivity (Wildman–Crippen MR) is 115 cm³/mol. The third-order valence-corrected chi connectivity index (χ3v) is 5.39. The largest absolute Gasteiger partial charge is 0.357 e. The van der Waals surface area contributed by atoms with Crippen LogP contribution in [0.1, 0.15) is 37.4 Å². The van der Waals surface area contributed by atoms with Gasteiger partial charge in [0.2, 0.25) is 0 Å². The molecular formula is C22H34N6. The van der Waals surface area contributed by atoms with E-state index in [1.807, 2.05) is 12.5 Å². The molecule has 2 unspecified atom stereocenters. The molecule has 28 heavy (non-hydrogen) atoms. The fourth-order valence-corrected chi connectivity index (χ4v) is 3.80. The standard InChI is InChI=1S/C22H34N6/c1-5-24-22(25-14-19-6-8-20(9-7-19)15-26(3)4)27-12-10-18(2)21(16-27)28-13-11-23-17-28/h6-9,11,13,17-18,21H,5,10,12,14-16H2,1-4H3,(H,24,25). The van der Waals surface area contributed by atoms with Gasteiger partial charge in [0.05, 0.1) is 18.9 Å². The molecule has 0 bridgehead atoms. The lowest BCUT2D eigenvalue weighted by Gasteiger charge is -2.39. The third-order valence-electron chi connectivity index (χ3n) is 5.39. The molecule has 0 saturated carbocycles. The summed E-state index contributed by atoms with van der Waals surface area (Å²) in [5, 5.41) is 3.49. The summed E-state index contributed by atoms with van der Waals surface area (Å²) in [5.41, 5.74) is 2.58. The average molecular weight is 383 g/mol. The van der Waals surface area contributed by atoms with Gasteiger partial charge in [0, 0.05) is 38.6 Å². The van der Waals surface area contributed by atoms with Crippen molar-refractivity contribution in [1.29, 1.82) is 0 Å². The van der Waals surface area contributed by atoms with Crippen LogP contribution < -0.4 is 5.32 Å². The molecule has 1 aliphatic heterocycles. The summed E-state index contributed by atoms with van der Waals surface area (Å²) in [6, 6.07) is 9.23. The van der Waals surface area contributed by atoms with Gasteiger partial charge in [-0.1, -0.05) is 31.2 Å². The zero-order valence-corrected chi connectivity index (χ0v) is 17.7. The number of nitrogens with one attached hydrogen (secondary N) is 1. The lowest BCUT2D eigenvalue weighted by molar-refractivity contribution is 0.189. The number of nitrogens with zero attached hydrogens (tertiary/aromatic N) is 5. The monoisotopic (exact) mass is 382 g/mol. The van der Waals surface area contributed by atoms with Crippen molar-refractivity contribution in [3.05, 3.63) is 54.1 Å². The first-order valence-electron chi connectivity index (χ1n) is 10.3. The smallest absolute Gasteiger partial charge is 0.194 e. The molecule has 152 valence electrons. The molecule has 2 atom stereocenters. The molecule has 6 heteroatoms. The number of imidazole rings is 1. The quantitative estimate of drug-likeness (QED) is 0.616. The topological polar surface area (TPSA) is 48.7 Å². The molecule has 1 fully saturated rings. The van der Waals surface area contributed by atoms with Crippen molar-refractivity contribution in [1.82, 2.24) is 24.7 Å². The van der Waals surface area contributed by atoms with Crippen LogP contribution in [-0.4, -0.2) is 59.0 Å². The predicted octanol–water partition coefficient (Wildman–Crippen LogP) is 2.99. The fourth-order valence-electron chi connectivity index (χ4n) is 3.80. The fraction of sp³-hybridized carbons (Fsp3) is 0.545. The number of hydrogen-bond donors (Lipinski definition) is 1. The van der Waals surface area contributed by atoms with Crippen molar-refractivity contribution in [2.45, 2.75) is 39.4 Å². The van der Waals surface area contributed by atoms with Crippen molar-refractivity contribution in [3.63, 3.8) is 0 Å². The van der Waals surface area contributed by atoms with Crippen LogP contribution in [0.15, 0.2) is 48.0 Å². The Morgan fingerprint density at radius 1 is 1.25 bits per heavy atom. The number of likely N-dealkylation sites (tertiary alicyclic amines) is 1. The van der Waals surface area contributed by atoms with Gasteiger partial charge >= 0.3 is 0 Å². The van der Waals surface area contributed by atoms with Gasteiger partial charge < -0.3 is 19.7 Å². The molecule has 0 spiro atoms. The zero-order valence-electron chi connectivity index (χ0n) is 17.7. The van der Waals surface area contributed by atoms with Gasteiger partial charge in [-0.2, -0.15) is 0 Å². The number of guanidine groups is 1. The SMILES string of the molecule is CCNC(=NCc1ccc(CN(C)C)cc1)N1CCC(C)C(n2ccnc2)C1. The Bertz CT molecular complexity index is 735. The molecule has 1 aromatic heterocycles. The Hall–Kier alpha value is -2.34. The van der Waals surface area contributed by atoms with E-state index >= 15 is 0 Å². The number of hydrogen-bond acceptors (Lipinski definition) is 3. The number of aromatic nitrogens is 2. The van der Waals surface area contributed by atoms with Gasteiger partial charge in [0.15, 0.2) is 5.96 Å². The first kappa shape index (κ1) is 20.4. The van der Waals surface area contributed by atoms with E-state index in [4.69, 9.17) is 4.99 Å². The van der Waals surface area contributed by atoms with Gasteiger partial charge in [-0.05, 0) is 44.5 Å². The summed E-state index contributed by atoms with van der Waals surface area (Å²) in [4.78, 5) is 13.8. The number of rotatable bonds is 6. The zero-order chi connectivity index (χ0) is 19.9. The second-order valence-corrected chi connectivity index (χ2v) is 8.01. The molecule has 0 radical (unpaired) electrons. The first-order chi connectivity index (χ1) is 13.6. The molecule has 0 amide bonds. The molecule has 1 aromatic carbocycles. The Kier molecular flexibility index (Phi) is 7.09. The molecule has 0 aliphatic carbocycles. The summed E-state index contributed by atoms with van der Waals surface area (Å²) in [6.07, 6.45) is 7.03. The minimum absolute atomic E-state index is 0.436. The molecule has 2 heterocycles. The van der Waals surface area contributed by atoms with E-state index < -0.39 is 0 Å². The maximum atomic E-state index is 4.93. The van der Waals surface area contributed by atoms with Crippen molar-refractivity contribution in [2.75, 3.05) is 33.7 Å². The van der Waals surface area contributed by atoms with Crippen molar-refractivity contribution < 1.29 is 0 Å². The highest BCUT2D eigenvalue weighted by molar-refractivity contribution is 5.80. The highest BCUT2D eigenvalue weighted by Crippen LogP contribution is 2.27. The molecule has 2 aromatic rings. The lowest BCUT2D eigenvalue weighted by Crippen LogP contribution is -2.49. The van der Waals surface area contributed by atoms with Crippen molar-refractivity contribution in [3.8, 4) is 0 Å². The van der Waals surface area contributed by atoms with Crippen LogP contribution in [0.25, 0.3) is 0 Å². The van der Waals surface area contributed by atoms with Crippen LogP contribution in [0.5, 0.6) is 0 Å². The van der Waals surface area contributed by atoms with E-state index in [1.54, 1.807) is 0 Å². The lowest BCUT2D eigenvalue weighted by atomic mass is 9.93. The van der Waals surface area contributed by atoms with E-state index in [0.717, 1.165) is 38.6 Å². The van der Waals surface area contributed by atoms with Crippen molar-refractivity contribution in [2.24, 2.45) is 10.9 Å². The molecule has 3 rings (SSSR count). The molecule has 1 N–H and O–H groups in total. The van der Waals surface area contributed by atoms with Crippen LogP contribution in [0, 0.1) is 5.92 Å². The molecule has 1 aliphatic rings. The second-order valence-electron chi connectivity index (χ2n) is 8.01. The van der Waals surface area contributed by atoms with Gasteiger partial charge in [-0.15, -0.1) is 0 Å². The molecule has 1 saturated heterocycles. The van der Waals surface area contributed by atoms with Gasteiger partial charge in [0.1, 0.15) is 0 Å². The summed E-state index contributed by atoms with van der Waals surface area (Å²) >= 11 is 0. The van der Waals surface area contributed by atoms with Gasteiger partial charge in [0.25, 0.3) is 0 Å². The van der Waals surface area contributed by atoms with E-state index in [9.17, 15) is 0 Å². The van der Waals surface area contributed by atoms with E-state index in [-0.39, 0.29) is 0 Å². The average Bonchev–Trinajstić information content (AvgIpc) is 3.21. The Morgan fingerprint density at radius 3 is 2.64 bits per heavy atom. The Labute approximate surface area is 169 Å². The maximum Gasteiger partial charge on any atom is 0.194 e. The van der Waals surface area contributed by atoms with Crippen LogP contribution >= 0.6 is 0 Å². The number of benzene rings is 1. The van der Waals surface area contributed by atoms with E-state index in [2.05, 4.69) is 83.1 Å². The Morgan fingerprint density at radius 2 is 2.00 bits per heavy atom. The summed E-state index contributed by atoms with van der Waals surface area (Å²) in [7, 11) is 4.19. The Balaban J connectivity index is 1.68. The maximum absolute atomic E-state index is 4.93. The van der Waals surface area contributed by atoms with E-state index in [0.29, 0.717) is 18.5 Å². The van der Waals surface area contributed by atoms with Crippen molar-refractivity contribution >= 4 is 5.96 Å². The highest BCUT2D eigenvalue weighted by Gasteiger charge is 2.28. The van der Waals surface area contributed by atoms with Crippen LogP contribution in [0.4, 0.5) is 0 Å². The first-order valence-corrected chi connectivity index (χ1v) is 10.3. The minimum Gasteiger partial charge on any atom is -0.357 e. The summed E-state index contributed by atoms with van der Waals surface area (Å²) in [6.45, 7) is 9.01. The summed E-state index contributed by atoms with van der Waals surface area (Å²) < 4.78 is 2.24. The summed E-state index contributed by atoms with van der Waals surface area (Å²) in [5.74, 6) is 1.65. The number of piperidine rings is 1. The van der Waals surface area contributed by atoms with Crippen LogP contribution in [0.2, 0.25) is 0 Å². The third kappa shape index (κ3) is 5.35.